The van der Waals surface area contributed by atoms with Gasteiger partial charge in [-0.25, -0.2) is 0 Å². The van der Waals surface area contributed by atoms with Gasteiger partial charge in [0.15, 0.2) is 5.69 Å². The van der Waals surface area contributed by atoms with Crippen LogP contribution in [0.3, 0.4) is 0 Å². The van der Waals surface area contributed by atoms with Crippen molar-refractivity contribution in [1.29, 1.82) is 0 Å². The topological polar surface area (TPSA) is 55.6 Å². The summed E-state index contributed by atoms with van der Waals surface area (Å²) in [6.07, 6.45) is 0. The van der Waals surface area contributed by atoms with Crippen LogP contribution < -0.4 is 9.64 Å². The van der Waals surface area contributed by atoms with Crippen LogP contribution in [0.15, 0.2) is 83.4 Å². The predicted octanol–water partition coefficient (Wildman–Crippen LogP) is 6.03. The molecule has 0 fully saturated rings. The SMILES string of the molecule is Cc1cccc(C)c1OCc1c(C(=O)N(Cc2ccccc2)c2ccccc2)noc1C. The lowest BCUT2D eigenvalue weighted by molar-refractivity contribution is 0.0974. The van der Waals surface area contributed by atoms with Crippen LogP contribution in [0.2, 0.25) is 0 Å². The van der Waals surface area contributed by atoms with E-state index >= 15 is 0 Å². The molecule has 5 nitrogen and oxygen atoms in total. The summed E-state index contributed by atoms with van der Waals surface area (Å²) < 4.78 is 11.5. The number of aromatic nitrogens is 1. The van der Waals surface area contributed by atoms with Crippen LogP contribution in [0.25, 0.3) is 0 Å². The Morgan fingerprint density at radius 2 is 1.50 bits per heavy atom. The fourth-order valence-corrected chi connectivity index (χ4v) is 3.68. The Balaban J connectivity index is 1.65. The molecule has 0 radical (unpaired) electrons. The van der Waals surface area contributed by atoms with Crippen molar-refractivity contribution < 1.29 is 14.1 Å². The van der Waals surface area contributed by atoms with Gasteiger partial charge in [0.1, 0.15) is 18.1 Å². The Kier molecular flexibility index (Phi) is 6.36. The molecular formula is C27H26N2O3. The van der Waals surface area contributed by atoms with E-state index in [1.54, 1.807) is 11.8 Å². The lowest BCUT2D eigenvalue weighted by Crippen LogP contribution is -2.31. The third kappa shape index (κ3) is 4.57. The van der Waals surface area contributed by atoms with Crippen LogP contribution in [0.4, 0.5) is 5.69 Å². The highest BCUT2D eigenvalue weighted by Gasteiger charge is 2.26. The average Bonchev–Trinajstić information content (AvgIpc) is 3.18. The quantitative estimate of drug-likeness (QED) is 0.362. The molecule has 0 aliphatic heterocycles. The number of para-hydroxylation sites is 2. The van der Waals surface area contributed by atoms with E-state index < -0.39 is 0 Å². The first-order chi connectivity index (χ1) is 15.5. The average molecular weight is 427 g/mol. The monoisotopic (exact) mass is 426 g/mol. The normalized spacial score (nSPS) is 10.7. The molecule has 1 amide bonds. The number of carbonyl (C=O) groups is 1. The molecule has 0 bridgehead atoms. The highest BCUT2D eigenvalue weighted by atomic mass is 16.5. The van der Waals surface area contributed by atoms with Crippen molar-refractivity contribution >= 4 is 11.6 Å². The summed E-state index contributed by atoms with van der Waals surface area (Å²) >= 11 is 0. The number of aryl methyl sites for hydroxylation is 3. The molecule has 32 heavy (non-hydrogen) atoms. The van der Waals surface area contributed by atoms with Crippen molar-refractivity contribution in [2.75, 3.05) is 4.90 Å². The van der Waals surface area contributed by atoms with Crippen molar-refractivity contribution in [3.8, 4) is 5.75 Å². The van der Waals surface area contributed by atoms with E-state index in [-0.39, 0.29) is 18.2 Å². The Labute approximate surface area is 188 Å². The molecule has 162 valence electrons. The minimum atomic E-state index is -0.225. The summed E-state index contributed by atoms with van der Waals surface area (Å²) in [5.74, 6) is 1.17. The van der Waals surface area contributed by atoms with E-state index in [0.29, 0.717) is 17.9 Å². The molecular weight excluding hydrogens is 400 g/mol. The number of hydrogen-bond donors (Lipinski definition) is 0. The van der Waals surface area contributed by atoms with Crippen molar-refractivity contribution in [2.45, 2.75) is 33.9 Å². The van der Waals surface area contributed by atoms with Crippen LogP contribution in [-0.4, -0.2) is 11.1 Å². The Bertz CT molecular complexity index is 1180. The molecule has 0 aliphatic rings. The predicted molar refractivity (Wildman–Crippen MR) is 125 cm³/mol. The molecule has 0 aliphatic carbocycles. The maximum Gasteiger partial charge on any atom is 0.281 e. The van der Waals surface area contributed by atoms with Crippen LogP contribution in [0.5, 0.6) is 5.75 Å². The summed E-state index contributed by atoms with van der Waals surface area (Å²) in [6, 6.07) is 25.5. The number of anilines is 1. The zero-order valence-corrected chi connectivity index (χ0v) is 18.5. The van der Waals surface area contributed by atoms with Crippen molar-refractivity contribution in [2.24, 2.45) is 0 Å². The molecule has 0 saturated carbocycles. The molecule has 3 aromatic carbocycles. The zero-order valence-electron chi connectivity index (χ0n) is 18.5. The molecule has 1 heterocycles. The highest BCUT2D eigenvalue weighted by Crippen LogP contribution is 2.27. The smallest absolute Gasteiger partial charge is 0.281 e. The first-order valence-corrected chi connectivity index (χ1v) is 10.6. The summed E-state index contributed by atoms with van der Waals surface area (Å²) in [5, 5.41) is 4.11. The molecule has 1 aromatic heterocycles. The highest BCUT2D eigenvalue weighted by molar-refractivity contribution is 6.05. The minimum Gasteiger partial charge on any atom is -0.488 e. The van der Waals surface area contributed by atoms with Gasteiger partial charge >= 0.3 is 0 Å². The Morgan fingerprint density at radius 3 is 2.16 bits per heavy atom. The number of ether oxygens (including phenoxy) is 1. The first kappa shape index (κ1) is 21.4. The molecule has 5 heteroatoms. The fourth-order valence-electron chi connectivity index (χ4n) is 3.68. The largest absolute Gasteiger partial charge is 0.488 e. The van der Waals surface area contributed by atoms with Crippen LogP contribution >= 0.6 is 0 Å². The number of carbonyl (C=O) groups excluding carboxylic acids is 1. The first-order valence-electron chi connectivity index (χ1n) is 10.6. The van der Waals surface area contributed by atoms with Crippen LogP contribution in [0, 0.1) is 20.8 Å². The zero-order chi connectivity index (χ0) is 22.5. The van der Waals surface area contributed by atoms with E-state index in [0.717, 1.165) is 28.1 Å². The number of benzene rings is 3. The van der Waals surface area contributed by atoms with Crippen molar-refractivity contribution in [3.05, 3.63) is 113 Å². The molecule has 0 N–H and O–H groups in total. The Morgan fingerprint density at radius 1 is 0.875 bits per heavy atom. The molecule has 0 atom stereocenters. The van der Waals surface area contributed by atoms with Gasteiger partial charge in [0.05, 0.1) is 12.1 Å². The van der Waals surface area contributed by atoms with Gasteiger partial charge in [-0.2, -0.15) is 0 Å². The van der Waals surface area contributed by atoms with Gasteiger partial charge in [-0.3, -0.25) is 4.79 Å². The van der Waals surface area contributed by atoms with E-state index in [1.165, 1.54) is 0 Å². The number of hydrogen-bond acceptors (Lipinski definition) is 4. The maximum atomic E-state index is 13.7. The summed E-state index contributed by atoms with van der Waals surface area (Å²) in [7, 11) is 0. The van der Waals surface area contributed by atoms with Crippen molar-refractivity contribution in [1.82, 2.24) is 5.16 Å². The molecule has 0 unspecified atom stereocenters. The molecule has 4 aromatic rings. The van der Waals surface area contributed by atoms with Gasteiger partial charge in [0.25, 0.3) is 5.91 Å². The van der Waals surface area contributed by atoms with Crippen molar-refractivity contribution in [3.63, 3.8) is 0 Å². The second-order valence-corrected chi connectivity index (χ2v) is 7.79. The molecule has 0 spiro atoms. The van der Waals surface area contributed by atoms with Gasteiger partial charge in [-0.1, -0.05) is 71.9 Å². The van der Waals surface area contributed by atoms with Crippen LogP contribution in [0.1, 0.15) is 38.5 Å². The fraction of sp³-hybridized carbons (Fsp3) is 0.185. The lowest BCUT2D eigenvalue weighted by Gasteiger charge is -2.22. The van der Waals surface area contributed by atoms with Gasteiger partial charge in [0, 0.05) is 5.69 Å². The van der Waals surface area contributed by atoms with E-state index in [2.05, 4.69) is 5.16 Å². The van der Waals surface area contributed by atoms with E-state index in [4.69, 9.17) is 9.26 Å². The maximum absolute atomic E-state index is 13.7. The van der Waals surface area contributed by atoms with E-state index in [1.807, 2.05) is 92.7 Å². The number of amides is 1. The van der Waals surface area contributed by atoms with Gasteiger partial charge < -0.3 is 14.2 Å². The van der Waals surface area contributed by atoms with E-state index in [9.17, 15) is 4.79 Å². The minimum absolute atomic E-state index is 0.204. The summed E-state index contributed by atoms with van der Waals surface area (Å²) in [4.78, 5) is 15.4. The summed E-state index contributed by atoms with van der Waals surface area (Å²) in [5.41, 5.74) is 4.84. The second-order valence-electron chi connectivity index (χ2n) is 7.79. The number of nitrogens with zero attached hydrogens (tertiary/aromatic N) is 2. The lowest BCUT2D eigenvalue weighted by atomic mass is 10.1. The standard InChI is InChI=1S/C27H26N2O3/c1-19-11-10-12-20(2)26(19)31-18-24-21(3)32-28-25(24)27(30)29(23-15-8-5-9-16-23)17-22-13-6-4-7-14-22/h4-16H,17-18H2,1-3H3. The van der Waals surface area contributed by atoms with Crippen LogP contribution in [-0.2, 0) is 13.2 Å². The molecule has 4 rings (SSSR count). The third-order valence-corrected chi connectivity index (χ3v) is 5.45. The van der Waals surface area contributed by atoms with Gasteiger partial charge in [-0.15, -0.1) is 0 Å². The Hall–Kier alpha value is -3.86. The summed E-state index contributed by atoms with van der Waals surface area (Å²) in [6.45, 7) is 6.44. The molecule has 0 saturated heterocycles. The second kappa shape index (κ2) is 9.52. The third-order valence-electron chi connectivity index (χ3n) is 5.45. The van der Waals surface area contributed by atoms with Gasteiger partial charge in [0.2, 0.25) is 0 Å². The van der Waals surface area contributed by atoms with Gasteiger partial charge in [-0.05, 0) is 49.6 Å². The number of rotatable bonds is 7.